The van der Waals surface area contributed by atoms with E-state index in [1.807, 2.05) is 13.8 Å². The Morgan fingerprint density at radius 3 is 2.39 bits per heavy atom. The molecule has 1 saturated heterocycles. The number of aromatic amines is 1. The maximum absolute atomic E-state index is 13.5. The summed E-state index contributed by atoms with van der Waals surface area (Å²) >= 11 is 3.59. The molecule has 1 aliphatic heterocycles. The Kier molecular flexibility index (Phi) is 7.79. The third-order valence-corrected chi connectivity index (χ3v) is 9.27. The molecule has 196 valence electrons. The number of ether oxygens (including phenoxy) is 1. The standard InChI is InChI=1S/C24H32BrN5O5S/c1-5-10-30-22-19(25)20(26-21(22)23(31)27(4)24(30)32)17-15-16(8-9-18(17)35-7-3)36(33,34)29-13-11-28(6-2)12-14-29/h8-9,15,26H,5-7,10-14H2,1-4H3. The number of aromatic nitrogens is 3. The number of fused-ring (bicyclic) bond motifs is 1. The monoisotopic (exact) mass is 581 g/mol. The number of benzene rings is 1. The Bertz CT molecular complexity index is 1500. The van der Waals surface area contributed by atoms with Crippen molar-refractivity contribution in [3.63, 3.8) is 0 Å². The van der Waals surface area contributed by atoms with Crippen LogP contribution < -0.4 is 16.0 Å². The Morgan fingerprint density at radius 2 is 1.78 bits per heavy atom. The van der Waals surface area contributed by atoms with Gasteiger partial charge in [0.25, 0.3) is 5.56 Å². The first kappa shape index (κ1) is 26.6. The van der Waals surface area contributed by atoms with Crippen LogP contribution in [0.2, 0.25) is 0 Å². The maximum atomic E-state index is 13.5. The van der Waals surface area contributed by atoms with Crippen molar-refractivity contribution in [1.82, 2.24) is 23.3 Å². The van der Waals surface area contributed by atoms with Gasteiger partial charge in [-0.1, -0.05) is 13.8 Å². The first-order valence-electron chi connectivity index (χ1n) is 12.2. The van der Waals surface area contributed by atoms with Crippen molar-refractivity contribution in [3.05, 3.63) is 43.5 Å². The van der Waals surface area contributed by atoms with Crippen LogP contribution in [-0.4, -0.2) is 71.1 Å². The summed E-state index contributed by atoms with van der Waals surface area (Å²) in [6, 6.07) is 4.77. The summed E-state index contributed by atoms with van der Waals surface area (Å²) in [6.07, 6.45) is 0.698. The smallest absolute Gasteiger partial charge is 0.331 e. The molecule has 0 unspecified atom stereocenters. The number of H-pyrrole nitrogens is 1. The summed E-state index contributed by atoms with van der Waals surface area (Å²) in [6.45, 7) is 9.77. The lowest BCUT2D eigenvalue weighted by atomic mass is 10.1. The van der Waals surface area contributed by atoms with Gasteiger partial charge in [-0.25, -0.2) is 13.2 Å². The number of halogens is 1. The average molecular weight is 583 g/mol. The van der Waals surface area contributed by atoms with Crippen LogP contribution in [0.15, 0.2) is 37.2 Å². The Balaban J connectivity index is 1.90. The lowest BCUT2D eigenvalue weighted by Gasteiger charge is -2.33. The molecule has 1 N–H and O–H groups in total. The molecule has 0 saturated carbocycles. The molecule has 3 heterocycles. The molecule has 36 heavy (non-hydrogen) atoms. The number of hydrogen-bond donors (Lipinski definition) is 1. The molecular weight excluding hydrogens is 550 g/mol. The van der Waals surface area contributed by atoms with E-state index in [1.54, 1.807) is 22.8 Å². The van der Waals surface area contributed by atoms with Crippen molar-refractivity contribution >= 4 is 37.0 Å². The minimum Gasteiger partial charge on any atom is -0.493 e. The number of piperazine rings is 1. The number of sulfonamides is 1. The minimum absolute atomic E-state index is 0.148. The van der Waals surface area contributed by atoms with E-state index in [0.29, 0.717) is 72.7 Å². The van der Waals surface area contributed by atoms with E-state index in [-0.39, 0.29) is 10.4 Å². The number of nitrogens with zero attached hydrogens (tertiary/aromatic N) is 4. The molecule has 2 aromatic heterocycles. The zero-order valence-corrected chi connectivity index (χ0v) is 23.4. The second-order valence-corrected chi connectivity index (χ2v) is 11.5. The van der Waals surface area contributed by atoms with Gasteiger partial charge in [-0.2, -0.15) is 4.31 Å². The number of hydrogen-bond acceptors (Lipinski definition) is 6. The lowest BCUT2D eigenvalue weighted by molar-refractivity contribution is 0.196. The molecule has 0 aliphatic carbocycles. The van der Waals surface area contributed by atoms with Crippen LogP contribution in [-0.2, 0) is 23.6 Å². The summed E-state index contributed by atoms with van der Waals surface area (Å²) in [5.74, 6) is 0.473. The molecule has 1 aromatic carbocycles. The molecule has 1 aliphatic rings. The molecule has 0 bridgehead atoms. The SMILES string of the molecule is CCCn1c(=O)n(C)c(=O)c2[nH]c(-c3cc(S(=O)(=O)N4CCN(CC)CC4)ccc3OCC)c(Br)c21. The lowest BCUT2D eigenvalue weighted by Crippen LogP contribution is -2.48. The van der Waals surface area contributed by atoms with Crippen LogP contribution in [0.25, 0.3) is 22.3 Å². The third kappa shape index (κ3) is 4.55. The summed E-state index contributed by atoms with van der Waals surface area (Å²) in [5.41, 5.74) is 0.822. The van der Waals surface area contributed by atoms with Crippen molar-refractivity contribution in [2.75, 3.05) is 39.3 Å². The van der Waals surface area contributed by atoms with Crippen LogP contribution in [0.3, 0.4) is 0 Å². The zero-order chi connectivity index (χ0) is 26.2. The van der Waals surface area contributed by atoms with Crippen molar-refractivity contribution in [1.29, 1.82) is 0 Å². The molecule has 10 nitrogen and oxygen atoms in total. The Morgan fingerprint density at radius 1 is 1.08 bits per heavy atom. The number of rotatable bonds is 8. The van der Waals surface area contributed by atoms with Crippen LogP contribution in [0.5, 0.6) is 5.75 Å². The largest absolute Gasteiger partial charge is 0.493 e. The summed E-state index contributed by atoms with van der Waals surface area (Å²) in [7, 11) is -2.29. The summed E-state index contributed by atoms with van der Waals surface area (Å²) < 4.78 is 37.5. The van der Waals surface area contributed by atoms with Crippen molar-refractivity contribution < 1.29 is 13.2 Å². The van der Waals surface area contributed by atoms with Crippen LogP contribution >= 0.6 is 15.9 Å². The van der Waals surface area contributed by atoms with Gasteiger partial charge in [0.2, 0.25) is 10.0 Å². The topological polar surface area (TPSA) is 110 Å². The molecule has 0 radical (unpaired) electrons. The van der Waals surface area contributed by atoms with Gasteiger partial charge in [-0.3, -0.25) is 13.9 Å². The first-order chi connectivity index (χ1) is 17.1. The Hall–Kier alpha value is -2.41. The summed E-state index contributed by atoms with van der Waals surface area (Å²) in [5, 5.41) is 0. The maximum Gasteiger partial charge on any atom is 0.331 e. The normalized spacial score (nSPS) is 15.6. The predicted octanol–water partition coefficient (Wildman–Crippen LogP) is 2.59. The van der Waals surface area contributed by atoms with E-state index < -0.39 is 21.3 Å². The molecule has 0 atom stereocenters. The van der Waals surface area contributed by atoms with Crippen LogP contribution in [0.4, 0.5) is 0 Å². The van der Waals surface area contributed by atoms with E-state index in [9.17, 15) is 18.0 Å². The molecule has 1 fully saturated rings. The zero-order valence-electron chi connectivity index (χ0n) is 21.0. The van der Waals surface area contributed by atoms with E-state index in [0.717, 1.165) is 11.1 Å². The fourth-order valence-electron chi connectivity index (χ4n) is 4.60. The van der Waals surface area contributed by atoms with E-state index >= 15 is 0 Å². The predicted molar refractivity (Wildman–Crippen MR) is 143 cm³/mol. The van der Waals surface area contributed by atoms with Gasteiger partial charge < -0.3 is 14.6 Å². The third-order valence-electron chi connectivity index (χ3n) is 6.60. The highest BCUT2D eigenvalue weighted by Gasteiger charge is 2.30. The van der Waals surface area contributed by atoms with Gasteiger partial charge in [-0.15, -0.1) is 0 Å². The highest BCUT2D eigenvalue weighted by Crippen LogP contribution is 2.39. The second kappa shape index (κ2) is 10.5. The van der Waals surface area contributed by atoms with Crippen molar-refractivity contribution in [2.45, 2.75) is 38.6 Å². The van der Waals surface area contributed by atoms with Crippen molar-refractivity contribution in [2.24, 2.45) is 7.05 Å². The number of nitrogens with one attached hydrogen (secondary N) is 1. The van der Waals surface area contributed by atoms with E-state index in [4.69, 9.17) is 4.74 Å². The number of aryl methyl sites for hydroxylation is 1. The van der Waals surface area contributed by atoms with Gasteiger partial charge >= 0.3 is 5.69 Å². The second-order valence-electron chi connectivity index (χ2n) is 8.77. The summed E-state index contributed by atoms with van der Waals surface area (Å²) in [4.78, 5) is 31.3. The highest BCUT2D eigenvalue weighted by atomic mass is 79.9. The van der Waals surface area contributed by atoms with E-state index in [1.165, 1.54) is 11.4 Å². The number of likely N-dealkylation sites (N-methyl/N-ethyl adjacent to an activating group) is 1. The van der Waals surface area contributed by atoms with Gasteiger partial charge in [0.05, 0.1) is 27.2 Å². The van der Waals surface area contributed by atoms with Gasteiger partial charge in [0.1, 0.15) is 11.3 Å². The quantitative estimate of drug-likeness (QED) is 0.438. The molecular formula is C24H32BrN5O5S. The van der Waals surface area contributed by atoms with E-state index in [2.05, 4.69) is 32.7 Å². The van der Waals surface area contributed by atoms with Gasteiger partial charge in [0, 0.05) is 45.3 Å². The molecule has 3 aromatic rings. The fraction of sp³-hybridized carbons (Fsp3) is 0.500. The Labute approximate surface area is 218 Å². The first-order valence-corrected chi connectivity index (χ1v) is 14.4. The molecule has 12 heteroatoms. The molecule has 0 spiro atoms. The van der Waals surface area contributed by atoms with Crippen molar-refractivity contribution in [3.8, 4) is 17.0 Å². The van der Waals surface area contributed by atoms with Crippen LogP contribution in [0.1, 0.15) is 27.2 Å². The average Bonchev–Trinajstić information content (AvgIpc) is 3.22. The molecule has 4 rings (SSSR count). The molecule has 0 amide bonds. The van der Waals surface area contributed by atoms with Gasteiger partial charge in [0.15, 0.2) is 0 Å². The van der Waals surface area contributed by atoms with Gasteiger partial charge in [-0.05, 0) is 54.0 Å². The highest BCUT2D eigenvalue weighted by molar-refractivity contribution is 9.10. The van der Waals surface area contributed by atoms with Crippen LogP contribution in [0, 0.1) is 0 Å². The fourth-order valence-corrected chi connectivity index (χ4v) is 6.78. The minimum atomic E-state index is -3.74.